The van der Waals surface area contributed by atoms with Crippen molar-refractivity contribution in [2.24, 2.45) is 5.92 Å². The van der Waals surface area contributed by atoms with E-state index in [1.54, 1.807) is 54.6 Å². The molecular formula is C29H23N3O7S2. The van der Waals surface area contributed by atoms with Crippen molar-refractivity contribution in [3.05, 3.63) is 92.9 Å². The van der Waals surface area contributed by atoms with Crippen molar-refractivity contribution in [1.82, 2.24) is 4.98 Å². The topological polar surface area (TPSA) is 138 Å². The maximum atomic E-state index is 13.8. The van der Waals surface area contributed by atoms with Crippen LogP contribution in [0.4, 0.5) is 11.4 Å². The van der Waals surface area contributed by atoms with Crippen molar-refractivity contribution in [1.29, 1.82) is 0 Å². The zero-order valence-corrected chi connectivity index (χ0v) is 23.2. The number of imide groups is 1. The number of thiazole rings is 1. The van der Waals surface area contributed by atoms with Crippen LogP contribution in [0, 0.1) is 5.92 Å². The summed E-state index contributed by atoms with van der Waals surface area (Å²) in [5, 5.41) is 12.0. The molecule has 2 aliphatic heterocycles. The number of aromatic nitrogens is 1. The number of hydrogen-bond donors (Lipinski definition) is 3. The second-order valence-electron chi connectivity index (χ2n) is 9.39. The SMILES string of the molecule is COc1cc([C@@H]2c3sc(=O)[nH]c3S[C@H]3C(=O)N(c4ccccc4)C(=O)[C@@H]23)ccc1OCC(=O)Nc1ccc(O)cc1. The average molecular weight is 590 g/mol. The molecule has 12 heteroatoms. The molecule has 0 unspecified atom stereocenters. The molecule has 1 saturated heterocycles. The Labute approximate surface area is 241 Å². The molecule has 3 N–H and O–H groups in total. The van der Waals surface area contributed by atoms with Crippen molar-refractivity contribution in [3.63, 3.8) is 0 Å². The van der Waals surface area contributed by atoms with Crippen LogP contribution in [-0.4, -0.2) is 46.8 Å². The van der Waals surface area contributed by atoms with E-state index in [-0.39, 0.29) is 29.0 Å². The van der Waals surface area contributed by atoms with Crippen LogP contribution in [0.15, 0.2) is 82.6 Å². The molecule has 1 fully saturated rings. The first-order valence-electron chi connectivity index (χ1n) is 12.6. The molecule has 6 rings (SSSR count). The Balaban J connectivity index is 1.29. The summed E-state index contributed by atoms with van der Waals surface area (Å²) in [4.78, 5) is 56.6. The van der Waals surface area contributed by atoms with Crippen LogP contribution < -0.4 is 24.6 Å². The molecule has 0 radical (unpaired) electrons. The molecule has 0 spiro atoms. The first kappa shape index (κ1) is 26.7. The molecule has 10 nitrogen and oxygen atoms in total. The number of anilines is 2. The largest absolute Gasteiger partial charge is 0.508 e. The van der Waals surface area contributed by atoms with E-state index in [1.807, 2.05) is 6.07 Å². The van der Waals surface area contributed by atoms with E-state index >= 15 is 0 Å². The lowest BCUT2D eigenvalue weighted by Gasteiger charge is -2.30. The fourth-order valence-electron chi connectivity index (χ4n) is 5.09. The van der Waals surface area contributed by atoms with Gasteiger partial charge in [-0.05, 0) is 54.1 Å². The number of aromatic hydroxyl groups is 1. The van der Waals surface area contributed by atoms with E-state index < -0.39 is 23.0 Å². The summed E-state index contributed by atoms with van der Waals surface area (Å²) >= 11 is 2.23. The van der Waals surface area contributed by atoms with Crippen molar-refractivity contribution in [2.45, 2.75) is 16.2 Å². The number of ether oxygens (including phenoxy) is 2. The number of hydrogen-bond acceptors (Lipinski definition) is 9. The first-order valence-corrected chi connectivity index (χ1v) is 14.3. The summed E-state index contributed by atoms with van der Waals surface area (Å²) in [6.45, 7) is -0.302. The van der Waals surface area contributed by atoms with Gasteiger partial charge in [0.25, 0.3) is 5.91 Å². The molecule has 0 aliphatic carbocycles. The number of rotatable bonds is 7. The molecule has 3 heterocycles. The number of carbonyl (C=O) groups excluding carboxylic acids is 3. The van der Waals surface area contributed by atoms with Gasteiger partial charge < -0.3 is 24.9 Å². The quantitative estimate of drug-likeness (QED) is 0.218. The number of phenolic OH excluding ortho intramolecular Hbond substituents is 1. The number of nitrogens with zero attached hydrogens (tertiary/aromatic N) is 1. The van der Waals surface area contributed by atoms with Crippen molar-refractivity contribution < 1.29 is 29.0 Å². The summed E-state index contributed by atoms with van der Waals surface area (Å²) in [7, 11) is 1.46. The van der Waals surface area contributed by atoms with Gasteiger partial charge in [0.1, 0.15) is 11.0 Å². The second-order valence-corrected chi connectivity index (χ2v) is 11.6. The van der Waals surface area contributed by atoms with Gasteiger partial charge in [-0.3, -0.25) is 19.2 Å². The third-order valence-corrected chi connectivity index (χ3v) is 9.30. The minimum absolute atomic E-state index is 0.0856. The van der Waals surface area contributed by atoms with E-state index in [1.165, 1.54) is 35.9 Å². The Morgan fingerprint density at radius 3 is 2.49 bits per heavy atom. The fraction of sp³-hybridized carbons (Fsp3) is 0.172. The van der Waals surface area contributed by atoms with Gasteiger partial charge in [-0.25, -0.2) is 4.90 Å². The maximum absolute atomic E-state index is 13.8. The summed E-state index contributed by atoms with van der Waals surface area (Å²) in [6.07, 6.45) is 0. The number of benzene rings is 3. The van der Waals surface area contributed by atoms with Gasteiger partial charge >= 0.3 is 4.87 Å². The predicted molar refractivity (Wildman–Crippen MR) is 154 cm³/mol. The van der Waals surface area contributed by atoms with Crippen LogP contribution in [0.1, 0.15) is 16.4 Å². The van der Waals surface area contributed by atoms with E-state index in [0.29, 0.717) is 38.3 Å². The number of phenols is 1. The molecule has 3 amide bonds. The minimum atomic E-state index is -0.737. The van der Waals surface area contributed by atoms with E-state index in [2.05, 4.69) is 10.3 Å². The smallest absolute Gasteiger partial charge is 0.305 e. The lowest BCUT2D eigenvalue weighted by atomic mass is 9.83. The van der Waals surface area contributed by atoms with Crippen molar-refractivity contribution in [2.75, 3.05) is 23.9 Å². The van der Waals surface area contributed by atoms with Crippen LogP contribution >= 0.6 is 23.1 Å². The minimum Gasteiger partial charge on any atom is -0.508 e. The first-order chi connectivity index (χ1) is 19.8. The summed E-state index contributed by atoms with van der Waals surface area (Å²) < 4.78 is 11.3. The van der Waals surface area contributed by atoms with Crippen LogP contribution in [0.25, 0.3) is 0 Å². The van der Waals surface area contributed by atoms with Crippen LogP contribution in [-0.2, 0) is 14.4 Å². The highest BCUT2D eigenvalue weighted by molar-refractivity contribution is 8.00. The summed E-state index contributed by atoms with van der Waals surface area (Å²) in [5.74, 6) is -1.66. The molecule has 3 aromatic carbocycles. The predicted octanol–water partition coefficient (Wildman–Crippen LogP) is 3.96. The molecule has 41 heavy (non-hydrogen) atoms. The Bertz CT molecular complexity index is 1700. The van der Waals surface area contributed by atoms with E-state index in [0.717, 1.165) is 11.3 Å². The number of para-hydroxylation sites is 1. The number of thioether (sulfide) groups is 1. The van der Waals surface area contributed by atoms with Gasteiger partial charge in [-0.2, -0.15) is 0 Å². The lowest BCUT2D eigenvalue weighted by molar-refractivity contribution is -0.122. The summed E-state index contributed by atoms with van der Waals surface area (Å²) in [6, 6.07) is 19.9. The molecule has 3 atom stereocenters. The zero-order valence-electron chi connectivity index (χ0n) is 21.5. The Kier molecular flexibility index (Phi) is 7.01. The Hall–Kier alpha value is -4.55. The molecule has 0 bridgehead atoms. The van der Waals surface area contributed by atoms with Gasteiger partial charge in [0.05, 0.1) is 23.7 Å². The third-order valence-electron chi connectivity index (χ3n) is 6.89. The lowest BCUT2D eigenvalue weighted by Crippen LogP contribution is -2.32. The van der Waals surface area contributed by atoms with Gasteiger partial charge in [0, 0.05) is 16.5 Å². The highest BCUT2D eigenvalue weighted by Gasteiger charge is 2.56. The summed E-state index contributed by atoms with van der Waals surface area (Å²) in [5.41, 5.74) is 1.68. The standard InChI is InChI=1S/C29H23N3O7S2/c1-38-20-13-15(7-12-19(20)39-14-21(34)30-16-8-10-18(33)11-9-16)22-23-25(40-26-24(22)41-29(37)31-26)28(36)32(27(23)35)17-5-3-2-4-6-17/h2-13,22-23,25,33H,14H2,1H3,(H,30,34)(H,31,37)/t22-,23-,25+/m0/s1. The van der Waals surface area contributed by atoms with Crippen LogP contribution in [0.3, 0.4) is 0 Å². The third kappa shape index (κ3) is 4.96. The molecule has 0 saturated carbocycles. The van der Waals surface area contributed by atoms with E-state index in [9.17, 15) is 24.3 Å². The number of carbonyl (C=O) groups is 3. The number of nitrogens with one attached hydrogen (secondary N) is 2. The Morgan fingerprint density at radius 1 is 1.00 bits per heavy atom. The number of methoxy groups -OCH3 is 1. The highest BCUT2D eigenvalue weighted by atomic mass is 32.2. The zero-order chi connectivity index (χ0) is 28.7. The van der Waals surface area contributed by atoms with E-state index in [4.69, 9.17) is 9.47 Å². The van der Waals surface area contributed by atoms with Crippen LogP contribution in [0.5, 0.6) is 17.2 Å². The fourth-order valence-corrected chi connectivity index (χ4v) is 7.60. The second kappa shape index (κ2) is 10.8. The monoisotopic (exact) mass is 589 g/mol. The van der Waals surface area contributed by atoms with Crippen molar-refractivity contribution in [3.8, 4) is 17.2 Å². The molecule has 4 aromatic rings. The number of aromatic amines is 1. The number of fused-ring (bicyclic) bond motifs is 2. The van der Waals surface area contributed by atoms with Gasteiger partial charge in [0.2, 0.25) is 11.8 Å². The normalized spacial score (nSPS) is 19.4. The highest BCUT2D eigenvalue weighted by Crippen LogP contribution is 2.53. The molecule has 2 aliphatic rings. The van der Waals surface area contributed by atoms with Crippen LogP contribution in [0.2, 0.25) is 0 Å². The Morgan fingerprint density at radius 2 is 1.76 bits per heavy atom. The van der Waals surface area contributed by atoms with Gasteiger partial charge in [0.15, 0.2) is 18.1 Å². The number of amides is 3. The molecular weight excluding hydrogens is 566 g/mol. The molecule has 1 aromatic heterocycles. The van der Waals surface area contributed by atoms with Crippen molar-refractivity contribution >= 4 is 52.2 Å². The maximum Gasteiger partial charge on any atom is 0.305 e. The van der Waals surface area contributed by atoms with Gasteiger partial charge in [-0.1, -0.05) is 47.4 Å². The molecule has 208 valence electrons. The number of H-pyrrole nitrogens is 1. The van der Waals surface area contributed by atoms with Gasteiger partial charge in [-0.15, -0.1) is 0 Å². The average Bonchev–Trinajstić information content (AvgIpc) is 3.47.